The zero-order valence-electron chi connectivity index (χ0n) is 11.6. The molecule has 0 bridgehead atoms. The molecule has 2 aromatic rings. The van der Waals surface area contributed by atoms with Crippen LogP contribution < -0.4 is 10.5 Å². The minimum atomic E-state index is 0.384. The predicted molar refractivity (Wildman–Crippen MR) is 75.3 cm³/mol. The van der Waals surface area contributed by atoms with Gasteiger partial charge in [0.1, 0.15) is 5.75 Å². The Labute approximate surface area is 113 Å². The molecule has 1 aromatic carbocycles. The highest BCUT2D eigenvalue weighted by molar-refractivity contribution is 5.41. The molecule has 100 valence electrons. The van der Waals surface area contributed by atoms with Gasteiger partial charge in [-0.2, -0.15) is 5.10 Å². The van der Waals surface area contributed by atoms with Crippen molar-refractivity contribution in [2.24, 2.45) is 5.73 Å². The Balaban J connectivity index is 2.28. The van der Waals surface area contributed by atoms with Crippen molar-refractivity contribution >= 4 is 0 Å². The number of nitrogens with two attached hydrogens (primary N) is 1. The Morgan fingerprint density at radius 2 is 1.95 bits per heavy atom. The van der Waals surface area contributed by atoms with Gasteiger partial charge in [-0.3, -0.25) is 0 Å². The van der Waals surface area contributed by atoms with E-state index in [4.69, 9.17) is 10.5 Å². The van der Waals surface area contributed by atoms with Gasteiger partial charge in [-0.15, -0.1) is 5.10 Å². The Morgan fingerprint density at radius 1 is 1.16 bits per heavy atom. The highest BCUT2D eigenvalue weighted by atomic mass is 16.5. The lowest BCUT2D eigenvalue weighted by atomic mass is 10.0. The van der Waals surface area contributed by atoms with E-state index >= 15 is 0 Å². The minimum Gasteiger partial charge on any atom is -0.437 e. The monoisotopic (exact) mass is 257 g/mol. The number of aryl methyl sites for hydroxylation is 1. The van der Waals surface area contributed by atoms with Crippen LogP contribution in [0.1, 0.15) is 36.6 Å². The van der Waals surface area contributed by atoms with Crippen LogP contribution >= 0.6 is 0 Å². The van der Waals surface area contributed by atoms with Crippen molar-refractivity contribution in [2.45, 2.75) is 33.2 Å². The van der Waals surface area contributed by atoms with E-state index < -0.39 is 0 Å². The summed E-state index contributed by atoms with van der Waals surface area (Å²) in [4.78, 5) is 0. The minimum absolute atomic E-state index is 0.384. The Bertz CT molecular complexity index is 550. The van der Waals surface area contributed by atoms with Crippen LogP contribution in [0, 0.1) is 6.92 Å². The summed E-state index contributed by atoms with van der Waals surface area (Å²) in [5.74, 6) is 1.72. The lowest BCUT2D eigenvalue weighted by molar-refractivity contribution is 0.445. The average molecular weight is 257 g/mol. The summed E-state index contributed by atoms with van der Waals surface area (Å²) in [6, 6.07) is 9.82. The largest absolute Gasteiger partial charge is 0.437 e. The van der Waals surface area contributed by atoms with Crippen molar-refractivity contribution < 1.29 is 4.74 Å². The molecule has 0 amide bonds. The van der Waals surface area contributed by atoms with Gasteiger partial charge in [0.15, 0.2) is 0 Å². The number of hydrogen-bond donors (Lipinski definition) is 1. The molecule has 2 rings (SSSR count). The molecule has 4 nitrogen and oxygen atoms in total. The molecular weight excluding hydrogens is 238 g/mol. The highest BCUT2D eigenvalue weighted by Crippen LogP contribution is 2.30. The van der Waals surface area contributed by atoms with Crippen LogP contribution in [-0.2, 0) is 6.54 Å². The second kappa shape index (κ2) is 5.80. The smallest absolute Gasteiger partial charge is 0.238 e. The summed E-state index contributed by atoms with van der Waals surface area (Å²) in [5, 5.41) is 8.01. The molecule has 2 N–H and O–H groups in total. The Kier molecular flexibility index (Phi) is 4.12. The average Bonchev–Trinajstić information content (AvgIpc) is 2.39. The number of nitrogens with zero attached hydrogens (tertiary/aromatic N) is 2. The maximum absolute atomic E-state index is 5.84. The summed E-state index contributed by atoms with van der Waals surface area (Å²) in [6.07, 6.45) is 0. The van der Waals surface area contributed by atoms with Gasteiger partial charge >= 0.3 is 0 Å². The van der Waals surface area contributed by atoms with Crippen molar-refractivity contribution in [1.29, 1.82) is 0 Å². The van der Waals surface area contributed by atoms with Crippen LogP contribution in [0.4, 0.5) is 0 Å². The fraction of sp³-hybridized carbons (Fsp3) is 0.333. The molecule has 1 heterocycles. The molecule has 1 aromatic heterocycles. The van der Waals surface area contributed by atoms with Crippen molar-refractivity contribution in [1.82, 2.24) is 10.2 Å². The zero-order valence-corrected chi connectivity index (χ0v) is 11.6. The summed E-state index contributed by atoms with van der Waals surface area (Å²) >= 11 is 0. The van der Waals surface area contributed by atoms with Gasteiger partial charge in [0.2, 0.25) is 5.88 Å². The van der Waals surface area contributed by atoms with Crippen LogP contribution in [0.3, 0.4) is 0 Å². The van der Waals surface area contributed by atoms with E-state index in [1.807, 2.05) is 19.1 Å². The first-order valence-corrected chi connectivity index (χ1v) is 6.41. The first-order chi connectivity index (χ1) is 9.10. The van der Waals surface area contributed by atoms with Gasteiger partial charge in [-0.25, -0.2) is 0 Å². The standard InChI is InChI=1S/C15H19N3O/c1-10(2)13-6-4-11(3)8-14(13)19-15-7-5-12(9-16)17-18-15/h4-8,10H,9,16H2,1-3H3. The van der Waals surface area contributed by atoms with E-state index in [-0.39, 0.29) is 0 Å². The molecule has 0 aliphatic heterocycles. The first kappa shape index (κ1) is 13.5. The van der Waals surface area contributed by atoms with E-state index in [1.54, 1.807) is 6.07 Å². The molecular formula is C15H19N3O. The van der Waals surface area contributed by atoms with Gasteiger partial charge in [0, 0.05) is 12.6 Å². The van der Waals surface area contributed by atoms with Crippen molar-refractivity contribution in [3.8, 4) is 11.6 Å². The summed E-state index contributed by atoms with van der Waals surface area (Å²) in [6.45, 7) is 6.70. The van der Waals surface area contributed by atoms with Gasteiger partial charge in [-0.1, -0.05) is 26.0 Å². The molecule has 0 spiro atoms. The summed E-state index contributed by atoms with van der Waals surface area (Å²) in [7, 11) is 0. The van der Waals surface area contributed by atoms with E-state index in [1.165, 1.54) is 0 Å². The molecule has 4 heteroatoms. The van der Waals surface area contributed by atoms with E-state index in [0.717, 1.165) is 22.6 Å². The zero-order chi connectivity index (χ0) is 13.8. The third-order valence-corrected chi connectivity index (χ3v) is 2.91. The number of ether oxygens (including phenoxy) is 1. The van der Waals surface area contributed by atoms with Gasteiger partial charge in [0.05, 0.1) is 5.69 Å². The highest BCUT2D eigenvalue weighted by Gasteiger charge is 2.10. The van der Waals surface area contributed by atoms with Crippen LogP contribution in [0.5, 0.6) is 11.6 Å². The molecule has 19 heavy (non-hydrogen) atoms. The molecule has 0 aliphatic carbocycles. The van der Waals surface area contributed by atoms with Crippen molar-refractivity contribution in [3.05, 3.63) is 47.2 Å². The molecule has 0 radical (unpaired) electrons. The van der Waals surface area contributed by atoms with Crippen LogP contribution in [-0.4, -0.2) is 10.2 Å². The third-order valence-electron chi connectivity index (χ3n) is 2.91. The topological polar surface area (TPSA) is 61.0 Å². The van der Waals surface area contributed by atoms with Crippen molar-refractivity contribution in [3.63, 3.8) is 0 Å². The molecule has 0 atom stereocenters. The Morgan fingerprint density at radius 3 is 2.53 bits per heavy atom. The molecule has 0 unspecified atom stereocenters. The quantitative estimate of drug-likeness (QED) is 0.914. The number of aromatic nitrogens is 2. The fourth-order valence-corrected chi connectivity index (χ4v) is 1.83. The number of benzene rings is 1. The van der Waals surface area contributed by atoms with Gasteiger partial charge < -0.3 is 10.5 Å². The number of rotatable bonds is 4. The van der Waals surface area contributed by atoms with Crippen LogP contribution in [0.15, 0.2) is 30.3 Å². The van der Waals surface area contributed by atoms with Gasteiger partial charge in [0.25, 0.3) is 0 Å². The fourth-order valence-electron chi connectivity index (χ4n) is 1.83. The summed E-state index contributed by atoms with van der Waals surface area (Å²) in [5.41, 5.74) is 8.56. The lowest BCUT2D eigenvalue weighted by Crippen LogP contribution is -2.02. The maximum atomic E-state index is 5.84. The maximum Gasteiger partial charge on any atom is 0.238 e. The predicted octanol–water partition coefficient (Wildman–Crippen LogP) is 3.16. The molecule has 0 saturated carbocycles. The SMILES string of the molecule is Cc1ccc(C(C)C)c(Oc2ccc(CN)nn2)c1. The normalized spacial score (nSPS) is 10.8. The summed E-state index contributed by atoms with van der Waals surface area (Å²) < 4.78 is 5.84. The van der Waals surface area contributed by atoms with Crippen LogP contribution in [0.25, 0.3) is 0 Å². The molecule has 0 saturated heterocycles. The molecule has 0 aliphatic rings. The third kappa shape index (κ3) is 3.29. The molecule has 0 fully saturated rings. The second-order valence-corrected chi connectivity index (χ2v) is 4.87. The van der Waals surface area contributed by atoms with E-state index in [9.17, 15) is 0 Å². The van der Waals surface area contributed by atoms with Crippen LogP contribution in [0.2, 0.25) is 0 Å². The van der Waals surface area contributed by atoms with E-state index in [0.29, 0.717) is 18.3 Å². The first-order valence-electron chi connectivity index (χ1n) is 6.41. The second-order valence-electron chi connectivity index (χ2n) is 4.87. The Hall–Kier alpha value is -1.94. The number of hydrogen-bond acceptors (Lipinski definition) is 4. The van der Waals surface area contributed by atoms with E-state index in [2.05, 4.69) is 36.2 Å². The van der Waals surface area contributed by atoms with Crippen molar-refractivity contribution in [2.75, 3.05) is 0 Å². The van der Waals surface area contributed by atoms with Gasteiger partial charge in [-0.05, 0) is 36.1 Å². The lowest BCUT2D eigenvalue weighted by Gasteiger charge is -2.13.